The lowest BCUT2D eigenvalue weighted by Gasteiger charge is -2.05. The molecule has 0 saturated carbocycles. The summed E-state index contributed by atoms with van der Waals surface area (Å²) in [5.41, 5.74) is 0.859. The summed E-state index contributed by atoms with van der Waals surface area (Å²) in [6, 6.07) is 12.3. The molecule has 1 aromatic carbocycles. The van der Waals surface area contributed by atoms with Crippen LogP contribution in [-0.4, -0.2) is 18.1 Å². The molecule has 0 N–H and O–H groups in total. The summed E-state index contributed by atoms with van der Waals surface area (Å²) in [5.74, 6) is 0.779. The van der Waals surface area contributed by atoms with Gasteiger partial charge in [0, 0.05) is 6.07 Å². The van der Waals surface area contributed by atoms with E-state index < -0.39 is 0 Å². The Kier molecular flexibility index (Phi) is 4.36. The Hall–Kier alpha value is -2.07. The molecule has 0 unspecified atom stereocenters. The highest BCUT2D eigenvalue weighted by Crippen LogP contribution is 2.21. The van der Waals surface area contributed by atoms with E-state index in [4.69, 9.17) is 16.3 Å². The Balaban J connectivity index is 2.04. The number of benzene rings is 1. The van der Waals surface area contributed by atoms with E-state index in [9.17, 15) is 4.79 Å². The number of aromatic nitrogens is 1. The molecule has 0 spiro atoms. The van der Waals surface area contributed by atoms with Crippen LogP contribution in [0.15, 0.2) is 42.5 Å². The Morgan fingerprint density at radius 1 is 1.21 bits per heavy atom. The largest absolute Gasteiger partial charge is 0.469 e. The van der Waals surface area contributed by atoms with Gasteiger partial charge in [0.05, 0.1) is 13.5 Å². The zero-order valence-electron chi connectivity index (χ0n) is 10.3. The zero-order chi connectivity index (χ0) is 13.7. The molecule has 1 heterocycles. The fourth-order valence-corrected chi connectivity index (χ4v) is 1.64. The van der Waals surface area contributed by atoms with E-state index in [0.717, 1.165) is 5.56 Å². The first-order chi connectivity index (χ1) is 9.17. The van der Waals surface area contributed by atoms with Gasteiger partial charge in [-0.2, -0.15) is 0 Å². The van der Waals surface area contributed by atoms with Gasteiger partial charge in [-0.1, -0.05) is 29.8 Å². The van der Waals surface area contributed by atoms with Crippen LogP contribution >= 0.6 is 11.6 Å². The van der Waals surface area contributed by atoms with Crippen LogP contribution in [-0.2, 0) is 16.0 Å². The van der Waals surface area contributed by atoms with Crippen molar-refractivity contribution in [1.29, 1.82) is 0 Å². The van der Waals surface area contributed by atoms with E-state index in [1.165, 1.54) is 7.11 Å². The van der Waals surface area contributed by atoms with Crippen molar-refractivity contribution in [2.24, 2.45) is 0 Å². The zero-order valence-corrected chi connectivity index (χ0v) is 11.1. The lowest BCUT2D eigenvalue weighted by Crippen LogP contribution is -2.04. The highest BCUT2D eigenvalue weighted by atomic mass is 35.5. The molecule has 4 nitrogen and oxygen atoms in total. The maximum atomic E-state index is 11.1. The molecule has 2 aromatic rings. The number of hydrogen-bond acceptors (Lipinski definition) is 4. The number of rotatable bonds is 4. The predicted octanol–water partition coefficient (Wildman–Crippen LogP) is 3.24. The second kappa shape index (κ2) is 6.20. The minimum atomic E-state index is -0.273. The van der Waals surface area contributed by atoms with Crippen molar-refractivity contribution in [3.63, 3.8) is 0 Å². The maximum Gasteiger partial charge on any atom is 0.309 e. The summed E-state index contributed by atoms with van der Waals surface area (Å²) in [7, 11) is 1.37. The van der Waals surface area contributed by atoms with Crippen molar-refractivity contribution in [2.75, 3.05) is 7.11 Å². The molecule has 98 valence electrons. The topological polar surface area (TPSA) is 48.4 Å². The van der Waals surface area contributed by atoms with Crippen LogP contribution in [0.25, 0.3) is 0 Å². The van der Waals surface area contributed by atoms with Crippen molar-refractivity contribution < 1.29 is 14.3 Å². The quantitative estimate of drug-likeness (QED) is 0.636. The fourth-order valence-electron chi connectivity index (χ4n) is 1.48. The second-order valence-electron chi connectivity index (χ2n) is 3.80. The first-order valence-electron chi connectivity index (χ1n) is 5.63. The third-order valence-corrected chi connectivity index (χ3v) is 2.62. The van der Waals surface area contributed by atoms with E-state index in [0.29, 0.717) is 16.8 Å². The van der Waals surface area contributed by atoms with Crippen LogP contribution < -0.4 is 4.74 Å². The van der Waals surface area contributed by atoms with Crippen molar-refractivity contribution >= 4 is 17.6 Å². The smallest absolute Gasteiger partial charge is 0.309 e. The Bertz CT molecular complexity index is 569. The number of ether oxygens (including phenoxy) is 2. The highest BCUT2D eigenvalue weighted by Gasteiger charge is 2.04. The van der Waals surface area contributed by atoms with E-state index in [-0.39, 0.29) is 12.4 Å². The lowest BCUT2D eigenvalue weighted by atomic mass is 10.1. The molecule has 2 rings (SSSR count). The standard InChI is InChI=1S/C14H12ClNO3/c1-18-14(17)9-10-5-7-11(8-6-10)19-13-4-2-3-12(15)16-13/h2-8H,9H2,1H3. The van der Waals surface area contributed by atoms with E-state index >= 15 is 0 Å². The molecule has 19 heavy (non-hydrogen) atoms. The number of esters is 1. The number of hydrogen-bond donors (Lipinski definition) is 0. The monoisotopic (exact) mass is 277 g/mol. The van der Waals surface area contributed by atoms with Gasteiger partial charge < -0.3 is 9.47 Å². The Morgan fingerprint density at radius 2 is 1.95 bits per heavy atom. The van der Waals surface area contributed by atoms with E-state index in [1.807, 2.05) is 0 Å². The number of methoxy groups -OCH3 is 1. The molecule has 1 aromatic heterocycles. The van der Waals surface area contributed by atoms with Gasteiger partial charge in [0.2, 0.25) is 5.88 Å². The van der Waals surface area contributed by atoms with Gasteiger partial charge in [-0.25, -0.2) is 4.98 Å². The summed E-state index contributed by atoms with van der Waals surface area (Å²) < 4.78 is 10.1. The van der Waals surface area contributed by atoms with Crippen LogP contribution in [0, 0.1) is 0 Å². The number of halogens is 1. The molecule has 0 fully saturated rings. The summed E-state index contributed by atoms with van der Waals surface area (Å²) in [6.45, 7) is 0. The Morgan fingerprint density at radius 3 is 2.58 bits per heavy atom. The molecule has 0 bridgehead atoms. The van der Waals surface area contributed by atoms with Gasteiger partial charge in [-0.3, -0.25) is 4.79 Å². The maximum absolute atomic E-state index is 11.1. The third kappa shape index (κ3) is 3.96. The van der Waals surface area contributed by atoms with E-state index in [2.05, 4.69) is 9.72 Å². The summed E-state index contributed by atoms with van der Waals surface area (Å²) in [6.07, 6.45) is 0.242. The molecule has 5 heteroatoms. The predicted molar refractivity (Wildman–Crippen MR) is 71.5 cm³/mol. The lowest BCUT2D eigenvalue weighted by molar-refractivity contribution is -0.139. The average Bonchev–Trinajstić information content (AvgIpc) is 2.41. The van der Waals surface area contributed by atoms with Crippen molar-refractivity contribution in [3.05, 3.63) is 53.2 Å². The minimum Gasteiger partial charge on any atom is -0.469 e. The molecular weight excluding hydrogens is 266 g/mol. The van der Waals surface area contributed by atoms with Gasteiger partial charge in [-0.15, -0.1) is 0 Å². The number of nitrogens with zero attached hydrogens (tertiary/aromatic N) is 1. The molecule has 0 amide bonds. The molecule has 0 aliphatic carbocycles. The second-order valence-corrected chi connectivity index (χ2v) is 4.18. The first-order valence-corrected chi connectivity index (χ1v) is 6.01. The Labute approximate surface area is 115 Å². The molecule has 0 aliphatic rings. The van der Waals surface area contributed by atoms with E-state index in [1.54, 1.807) is 42.5 Å². The van der Waals surface area contributed by atoms with Gasteiger partial charge >= 0.3 is 5.97 Å². The van der Waals surface area contributed by atoms with Crippen LogP contribution in [0.3, 0.4) is 0 Å². The summed E-state index contributed by atoms with van der Waals surface area (Å²) in [5, 5.41) is 0.375. The van der Waals surface area contributed by atoms with Gasteiger partial charge in [-0.05, 0) is 23.8 Å². The van der Waals surface area contributed by atoms with Crippen LogP contribution in [0.1, 0.15) is 5.56 Å². The molecule has 0 atom stereocenters. The number of carbonyl (C=O) groups excluding carboxylic acids is 1. The molecule has 0 radical (unpaired) electrons. The van der Waals surface area contributed by atoms with Crippen molar-refractivity contribution in [1.82, 2.24) is 4.98 Å². The summed E-state index contributed by atoms with van der Waals surface area (Å²) >= 11 is 5.77. The van der Waals surface area contributed by atoms with Crippen molar-refractivity contribution in [3.8, 4) is 11.6 Å². The number of pyridine rings is 1. The van der Waals surface area contributed by atoms with Crippen LogP contribution in [0.2, 0.25) is 5.15 Å². The third-order valence-electron chi connectivity index (χ3n) is 2.41. The number of carbonyl (C=O) groups is 1. The van der Waals surface area contributed by atoms with Gasteiger partial charge in [0.15, 0.2) is 0 Å². The van der Waals surface area contributed by atoms with Crippen LogP contribution in [0.4, 0.5) is 0 Å². The SMILES string of the molecule is COC(=O)Cc1ccc(Oc2cccc(Cl)n2)cc1. The minimum absolute atomic E-state index is 0.242. The fraction of sp³-hybridized carbons (Fsp3) is 0.143. The van der Waals surface area contributed by atoms with Crippen molar-refractivity contribution in [2.45, 2.75) is 6.42 Å². The average molecular weight is 278 g/mol. The highest BCUT2D eigenvalue weighted by molar-refractivity contribution is 6.29. The van der Waals surface area contributed by atoms with Gasteiger partial charge in [0.1, 0.15) is 10.9 Å². The van der Waals surface area contributed by atoms with Crippen LogP contribution in [0.5, 0.6) is 11.6 Å². The molecule has 0 saturated heterocycles. The van der Waals surface area contributed by atoms with Gasteiger partial charge in [0.25, 0.3) is 0 Å². The molecular formula is C14H12ClNO3. The first kappa shape index (κ1) is 13.4. The summed E-state index contributed by atoms with van der Waals surface area (Å²) in [4.78, 5) is 15.1. The normalized spacial score (nSPS) is 10.0. The molecule has 0 aliphatic heterocycles.